The number of nitrogens with one attached hydrogen (secondary N) is 1. The van der Waals surface area contributed by atoms with E-state index in [1.165, 1.54) is 12.8 Å². The zero-order valence-corrected chi connectivity index (χ0v) is 10.3. The summed E-state index contributed by atoms with van der Waals surface area (Å²) < 4.78 is 5.43. The second kappa shape index (κ2) is 5.83. The molecule has 0 heterocycles. The molecule has 0 aromatic heterocycles. The maximum Gasteiger partial charge on any atom is 0.0897 e. The van der Waals surface area contributed by atoms with Gasteiger partial charge >= 0.3 is 0 Å². The van der Waals surface area contributed by atoms with Gasteiger partial charge in [0.05, 0.1) is 12.7 Å². The molecule has 3 nitrogen and oxygen atoms in total. The van der Waals surface area contributed by atoms with E-state index in [0.29, 0.717) is 24.6 Å². The van der Waals surface area contributed by atoms with E-state index < -0.39 is 0 Å². The van der Waals surface area contributed by atoms with Crippen LogP contribution in [0.4, 0.5) is 0 Å². The van der Waals surface area contributed by atoms with Gasteiger partial charge in [-0.3, -0.25) is 0 Å². The van der Waals surface area contributed by atoms with Crippen molar-refractivity contribution in [1.29, 1.82) is 0 Å². The van der Waals surface area contributed by atoms with E-state index in [4.69, 9.17) is 4.74 Å². The van der Waals surface area contributed by atoms with Gasteiger partial charge in [-0.2, -0.15) is 0 Å². The molecule has 0 bridgehead atoms. The molecule has 1 atom stereocenters. The molecule has 1 rings (SSSR count). The third kappa shape index (κ3) is 7.77. The van der Waals surface area contributed by atoms with Crippen LogP contribution in [-0.2, 0) is 4.74 Å². The van der Waals surface area contributed by atoms with Crippen molar-refractivity contribution in [2.45, 2.75) is 52.2 Å². The molecule has 0 saturated heterocycles. The third-order valence-electron chi connectivity index (χ3n) is 2.53. The molecular formula is C12H25NO2. The molecule has 0 spiro atoms. The summed E-state index contributed by atoms with van der Waals surface area (Å²) in [7, 11) is 0. The lowest BCUT2D eigenvalue weighted by atomic mass is 9.93. The van der Waals surface area contributed by atoms with Crippen LogP contribution in [0.1, 0.15) is 40.0 Å². The SMILES string of the molecule is CC(C)(C)CCOCC(O)CNC1CC1. The average Bonchev–Trinajstić information content (AvgIpc) is 2.91. The monoisotopic (exact) mass is 215 g/mol. The first-order valence-electron chi connectivity index (χ1n) is 5.96. The van der Waals surface area contributed by atoms with Crippen molar-refractivity contribution in [2.24, 2.45) is 5.41 Å². The van der Waals surface area contributed by atoms with E-state index in [1.54, 1.807) is 0 Å². The van der Waals surface area contributed by atoms with Gasteiger partial charge in [-0.15, -0.1) is 0 Å². The molecule has 3 heteroatoms. The van der Waals surface area contributed by atoms with E-state index >= 15 is 0 Å². The maximum atomic E-state index is 9.57. The van der Waals surface area contributed by atoms with Gasteiger partial charge in [0, 0.05) is 19.2 Å². The summed E-state index contributed by atoms with van der Waals surface area (Å²) >= 11 is 0. The first-order valence-corrected chi connectivity index (χ1v) is 5.96. The molecule has 0 aromatic carbocycles. The summed E-state index contributed by atoms with van der Waals surface area (Å²) in [5, 5.41) is 12.9. The molecular weight excluding hydrogens is 190 g/mol. The summed E-state index contributed by atoms with van der Waals surface area (Å²) in [6.07, 6.45) is 3.20. The smallest absolute Gasteiger partial charge is 0.0897 e. The second-order valence-electron chi connectivity index (χ2n) is 5.72. The van der Waals surface area contributed by atoms with Crippen molar-refractivity contribution in [2.75, 3.05) is 19.8 Å². The van der Waals surface area contributed by atoms with Crippen molar-refractivity contribution in [3.05, 3.63) is 0 Å². The maximum absolute atomic E-state index is 9.57. The Labute approximate surface area is 93.2 Å². The summed E-state index contributed by atoms with van der Waals surface area (Å²) in [5.74, 6) is 0. The van der Waals surface area contributed by atoms with Crippen LogP contribution in [0.3, 0.4) is 0 Å². The number of ether oxygens (including phenoxy) is 1. The molecule has 15 heavy (non-hydrogen) atoms. The molecule has 90 valence electrons. The Balaban J connectivity index is 1.89. The van der Waals surface area contributed by atoms with E-state index in [9.17, 15) is 5.11 Å². The van der Waals surface area contributed by atoms with Gasteiger partial charge in [0.2, 0.25) is 0 Å². The number of aliphatic hydroxyl groups excluding tert-OH is 1. The molecule has 0 amide bonds. The molecule has 0 aliphatic heterocycles. The lowest BCUT2D eigenvalue weighted by molar-refractivity contribution is 0.0273. The van der Waals surface area contributed by atoms with Gasteiger partial charge in [-0.05, 0) is 24.7 Å². The predicted octanol–water partition coefficient (Wildman–Crippen LogP) is 1.55. The standard InChI is InChI=1S/C12H25NO2/c1-12(2,3)6-7-15-9-11(14)8-13-10-4-5-10/h10-11,13-14H,4-9H2,1-3H3. The Hall–Kier alpha value is -0.120. The minimum absolute atomic E-state index is 0.317. The zero-order chi connectivity index (χ0) is 11.3. The fourth-order valence-electron chi connectivity index (χ4n) is 1.25. The van der Waals surface area contributed by atoms with Crippen molar-refractivity contribution in [3.8, 4) is 0 Å². The average molecular weight is 215 g/mol. The number of rotatable bonds is 7. The summed E-state index contributed by atoms with van der Waals surface area (Å²) in [6, 6.07) is 0.661. The number of hydrogen-bond donors (Lipinski definition) is 2. The predicted molar refractivity (Wildman–Crippen MR) is 61.9 cm³/mol. The van der Waals surface area contributed by atoms with E-state index in [0.717, 1.165) is 13.0 Å². The Bertz CT molecular complexity index is 173. The van der Waals surface area contributed by atoms with Gasteiger partial charge in [0.1, 0.15) is 0 Å². The molecule has 1 saturated carbocycles. The lowest BCUT2D eigenvalue weighted by Gasteiger charge is -2.18. The van der Waals surface area contributed by atoms with Crippen LogP contribution in [0.2, 0.25) is 0 Å². The quantitative estimate of drug-likeness (QED) is 0.633. The zero-order valence-electron chi connectivity index (χ0n) is 10.3. The Morgan fingerprint density at radius 2 is 2.07 bits per heavy atom. The topological polar surface area (TPSA) is 41.5 Å². The Morgan fingerprint density at radius 3 is 2.60 bits per heavy atom. The van der Waals surface area contributed by atoms with Crippen LogP contribution in [-0.4, -0.2) is 37.0 Å². The highest BCUT2D eigenvalue weighted by Crippen LogP contribution is 2.19. The molecule has 1 aliphatic rings. The van der Waals surface area contributed by atoms with Crippen molar-refractivity contribution in [1.82, 2.24) is 5.32 Å². The van der Waals surface area contributed by atoms with Crippen LogP contribution in [0.25, 0.3) is 0 Å². The molecule has 2 N–H and O–H groups in total. The number of aliphatic hydroxyl groups is 1. The number of hydrogen-bond acceptors (Lipinski definition) is 3. The van der Waals surface area contributed by atoms with Crippen LogP contribution < -0.4 is 5.32 Å². The van der Waals surface area contributed by atoms with Crippen LogP contribution in [0.15, 0.2) is 0 Å². The summed E-state index contributed by atoms with van der Waals surface area (Å²) in [6.45, 7) is 8.45. The largest absolute Gasteiger partial charge is 0.389 e. The van der Waals surface area contributed by atoms with Gasteiger partial charge in [0.25, 0.3) is 0 Å². The molecule has 1 unspecified atom stereocenters. The summed E-state index contributed by atoms with van der Waals surface area (Å²) in [5.41, 5.74) is 0.317. The van der Waals surface area contributed by atoms with Crippen molar-refractivity contribution < 1.29 is 9.84 Å². The highest BCUT2D eigenvalue weighted by molar-refractivity contribution is 4.81. The van der Waals surface area contributed by atoms with Crippen LogP contribution in [0, 0.1) is 5.41 Å². The van der Waals surface area contributed by atoms with Gasteiger partial charge in [-0.1, -0.05) is 20.8 Å². The van der Waals surface area contributed by atoms with Crippen molar-refractivity contribution >= 4 is 0 Å². The lowest BCUT2D eigenvalue weighted by Crippen LogP contribution is -2.32. The highest BCUT2D eigenvalue weighted by Gasteiger charge is 2.21. The van der Waals surface area contributed by atoms with E-state index in [2.05, 4.69) is 26.1 Å². The minimum atomic E-state index is -0.356. The molecule has 1 aliphatic carbocycles. The fraction of sp³-hybridized carbons (Fsp3) is 1.00. The molecule has 0 radical (unpaired) electrons. The second-order valence-corrected chi connectivity index (χ2v) is 5.72. The normalized spacial score (nSPS) is 19.2. The first-order chi connectivity index (χ1) is 6.97. The summed E-state index contributed by atoms with van der Waals surface area (Å²) in [4.78, 5) is 0. The Kier molecular flexibility index (Phi) is 5.03. The van der Waals surface area contributed by atoms with Gasteiger partial charge in [-0.25, -0.2) is 0 Å². The van der Waals surface area contributed by atoms with E-state index in [1.807, 2.05) is 0 Å². The van der Waals surface area contributed by atoms with E-state index in [-0.39, 0.29) is 6.10 Å². The first kappa shape index (κ1) is 12.9. The molecule has 0 aromatic rings. The Morgan fingerprint density at radius 1 is 1.40 bits per heavy atom. The van der Waals surface area contributed by atoms with Crippen LogP contribution >= 0.6 is 0 Å². The van der Waals surface area contributed by atoms with Gasteiger partial charge < -0.3 is 15.2 Å². The van der Waals surface area contributed by atoms with Crippen molar-refractivity contribution in [3.63, 3.8) is 0 Å². The highest BCUT2D eigenvalue weighted by atomic mass is 16.5. The van der Waals surface area contributed by atoms with Gasteiger partial charge in [0.15, 0.2) is 0 Å². The molecule has 1 fully saturated rings. The third-order valence-corrected chi connectivity index (χ3v) is 2.53. The fourth-order valence-corrected chi connectivity index (χ4v) is 1.25. The van der Waals surface area contributed by atoms with Crippen LogP contribution in [0.5, 0.6) is 0 Å². The minimum Gasteiger partial charge on any atom is -0.389 e.